The minimum absolute atomic E-state index is 0. The third-order valence-electron chi connectivity index (χ3n) is 2.88. The minimum Gasteiger partial charge on any atom is -0.328 e. The predicted octanol–water partition coefficient (Wildman–Crippen LogP) is 1.41. The average Bonchev–Trinajstić information content (AvgIpc) is 2.40. The second-order valence-electron chi connectivity index (χ2n) is 5.23. The Bertz CT molecular complexity index is 740. The van der Waals surface area contributed by atoms with Crippen LogP contribution in [0.1, 0.15) is 26.7 Å². The Morgan fingerprint density at radius 3 is 2.38 bits per heavy atom. The lowest BCUT2D eigenvalue weighted by Crippen LogP contribution is -2.29. The fourth-order valence-electron chi connectivity index (χ4n) is 1.74. The molecule has 0 aromatic heterocycles. The highest BCUT2D eigenvalue weighted by atomic mass is 35.5. The Kier molecular flexibility index (Phi) is 9.15. The van der Waals surface area contributed by atoms with Crippen LogP contribution in [-0.4, -0.2) is 35.2 Å². The lowest BCUT2D eigenvalue weighted by Gasteiger charge is -2.11. The van der Waals surface area contributed by atoms with E-state index >= 15 is 0 Å². The van der Waals surface area contributed by atoms with E-state index in [1.54, 1.807) is 13.8 Å². The highest BCUT2D eigenvalue weighted by Gasteiger charge is 2.18. The molecule has 0 heterocycles. The lowest BCUT2D eigenvalue weighted by molar-refractivity contribution is 0.569. The number of sulfonamides is 2. The Labute approximate surface area is 148 Å². The molecule has 140 valence electrons. The summed E-state index contributed by atoms with van der Waals surface area (Å²) in [5, 5.41) is 0. The monoisotopic (exact) mass is 403 g/mol. The Morgan fingerprint density at radius 1 is 1.25 bits per heavy atom. The predicted molar refractivity (Wildman–Crippen MR) is 94.8 cm³/mol. The van der Waals surface area contributed by atoms with Crippen LogP contribution in [0, 0.1) is 5.82 Å². The Balaban J connectivity index is 0.00000529. The SMILES string of the molecule is CCCS(=O)(=O)Nc1ccc(S(=O)(=O)NCCC(C)N)cc1F.Cl. The van der Waals surface area contributed by atoms with Gasteiger partial charge in [-0.15, -0.1) is 12.4 Å². The number of halogens is 2. The quantitative estimate of drug-likeness (QED) is 0.576. The Hall–Kier alpha value is -0.940. The van der Waals surface area contributed by atoms with Crippen molar-refractivity contribution in [3.05, 3.63) is 24.0 Å². The van der Waals surface area contributed by atoms with Crippen LogP contribution in [-0.2, 0) is 20.0 Å². The van der Waals surface area contributed by atoms with Gasteiger partial charge in [0.2, 0.25) is 20.0 Å². The fraction of sp³-hybridized carbons (Fsp3) is 0.538. The zero-order valence-corrected chi connectivity index (χ0v) is 15.9. The van der Waals surface area contributed by atoms with Crippen LogP contribution in [0.15, 0.2) is 23.1 Å². The first kappa shape index (κ1) is 23.1. The van der Waals surface area contributed by atoms with Gasteiger partial charge in [0.15, 0.2) is 0 Å². The zero-order chi connectivity index (χ0) is 17.7. The van der Waals surface area contributed by atoms with Gasteiger partial charge in [0.25, 0.3) is 0 Å². The molecule has 0 aliphatic heterocycles. The van der Waals surface area contributed by atoms with Gasteiger partial charge in [-0.05, 0) is 38.0 Å². The van der Waals surface area contributed by atoms with Gasteiger partial charge >= 0.3 is 0 Å². The molecule has 1 aromatic rings. The molecule has 1 unspecified atom stereocenters. The topological polar surface area (TPSA) is 118 Å². The van der Waals surface area contributed by atoms with Crippen LogP contribution >= 0.6 is 12.4 Å². The molecule has 0 fully saturated rings. The van der Waals surface area contributed by atoms with E-state index in [-0.39, 0.29) is 41.3 Å². The van der Waals surface area contributed by atoms with Crippen LogP contribution in [0.4, 0.5) is 10.1 Å². The largest absolute Gasteiger partial charge is 0.328 e. The summed E-state index contributed by atoms with van der Waals surface area (Å²) in [6.07, 6.45) is 0.823. The van der Waals surface area contributed by atoms with Crippen molar-refractivity contribution in [3.63, 3.8) is 0 Å². The number of hydrogen-bond donors (Lipinski definition) is 3. The van der Waals surface area contributed by atoms with Gasteiger partial charge in [0, 0.05) is 12.6 Å². The van der Waals surface area contributed by atoms with E-state index in [2.05, 4.69) is 9.44 Å². The first-order valence-corrected chi connectivity index (χ1v) is 10.3. The maximum Gasteiger partial charge on any atom is 0.240 e. The van der Waals surface area contributed by atoms with E-state index in [9.17, 15) is 21.2 Å². The van der Waals surface area contributed by atoms with Crippen molar-refractivity contribution in [2.24, 2.45) is 5.73 Å². The highest BCUT2D eigenvalue weighted by Crippen LogP contribution is 2.20. The molecule has 11 heteroatoms. The molecular weight excluding hydrogens is 381 g/mol. The van der Waals surface area contributed by atoms with Crippen molar-refractivity contribution in [1.29, 1.82) is 0 Å². The Morgan fingerprint density at radius 2 is 1.88 bits per heavy atom. The van der Waals surface area contributed by atoms with Crippen LogP contribution in [0.3, 0.4) is 0 Å². The summed E-state index contributed by atoms with van der Waals surface area (Å²) in [7, 11) is -7.52. The van der Waals surface area contributed by atoms with Crippen molar-refractivity contribution in [2.45, 2.75) is 37.6 Å². The van der Waals surface area contributed by atoms with Crippen molar-refractivity contribution in [3.8, 4) is 0 Å². The number of rotatable bonds is 9. The summed E-state index contributed by atoms with van der Waals surface area (Å²) < 4.78 is 65.6. The van der Waals surface area contributed by atoms with Gasteiger partial charge < -0.3 is 5.73 Å². The summed E-state index contributed by atoms with van der Waals surface area (Å²) in [4.78, 5) is -0.280. The number of anilines is 1. The van der Waals surface area contributed by atoms with Crippen molar-refractivity contribution in [2.75, 3.05) is 17.0 Å². The third kappa shape index (κ3) is 7.31. The molecule has 0 radical (unpaired) electrons. The summed E-state index contributed by atoms with van der Waals surface area (Å²) in [5.41, 5.74) is 5.24. The molecule has 0 bridgehead atoms. The summed E-state index contributed by atoms with van der Waals surface area (Å²) >= 11 is 0. The standard InChI is InChI=1S/C13H22FN3O4S2.ClH/c1-3-8-22(18,19)17-13-5-4-11(9-12(13)14)23(20,21)16-7-6-10(2)15;/h4-5,9-10,16-17H,3,6-8,15H2,1-2H3;1H. The smallest absolute Gasteiger partial charge is 0.240 e. The minimum atomic E-state index is -3.87. The van der Waals surface area contributed by atoms with Crippen molar-refractivity contribution in [1.82, 2.24) is 4.72 Å². The number of hydrogen-bond acceptors (Lipinski definition) is 5. The molecule has 0 saturated heterocycles. The highest BCUT2D eigenvalue weighted by molar-refractivity contribution is 7.92. The molecule has 1 atom stereocenters. The molecular formula is C13H23ClFN3O4S2. The van der Waals surface area contributed by atoms with E-state index in [1.807, 2.05) is 0 Å². The van der Waals surface area contributed by atoms with Gasteiger partial charge in [-0.2, -0.15) is 0 Å². The summed E-state index contributed by atoms with van der Waals surface area (Å²) in [6.45, 7) is 3.55. The second kappa shape index (κ2) is 9.52. The molecule has 4 N–H and O–H groups in total. The van der Waals surface area contributed by atoms with E-state index in [1.165, 1.54) is 0 Å². The van der Waals surface area contributed by atoms with Gasteiger partial charge in [0.05, 0.1) is 16.3 Å². The summed E-state index contributed by atoms with van der Waals surface area (Å²) in [5.74, 6) is -1.11. The molecule has 0 aliphatic carbocycles. The normalized spacial score (nSPS) is 13.2. The van der Waals surface area contributed by atoms with Crippen LogP contribution in [0.25, 0.3) is 0 Å². The molecule has 0 aliphatic rings. The second-order valence-corrected chi connectivity index (χ2v) is 8.84. The maximum atomic E-state index is 14.0. The first-order valence-electron chi connectivity index (χ1n) is 7.12. The van der Waals surface area contributed by atoms with Gasteiger partial charge in [-0.25, -0.2) is 25.9 Å². The average molecular weight is 404 g/mol. The van der Waals surface area contributed by atoms with E-state index in [0.29, 0.717) is 12.8 Å². The van der Waals surface area contributed by atoms with Crippen LogP contribution < -0.4 is 15.2 Å². The number of benzene rings is 1. The lowest BCUT2D eigenvalue weighted by atomic mass is 10.3. The molecule has 0 amide bonds. The van der Waals surface area contributed by atoms with Crippen LogP contribution in [0.5, 0.6) is 0 Å². The van der Waals surface area contributed by atoms with Gasteiger partial charge in [0.1, 0.15) is 5.82 Å². The van der Waals surface area contributed by atoms with Gasteiger partial charge in [-0.1, -0.05) is 6.92 Å². The molecule has 1 aromatic carbocycles. The number of nitrogens with two attached hydrogens (primary N) is 1. The van der Waals surface area contributed by atoms with Gasteiger partial charge in [-0.3, -0.25) is 4.72 Å². The van der Waals surface area contributed by atoms with E-state index in [0.717, 1.165) is 18.2 Å². The zero-order valence-electron chi connectivity index (χ0n) is 13.5. The molecule has 0 saturated carbocycles. The van der Waals surface area contributed by atoms with E-state index in [4.69, 9.17) is 5.73 Å². The first-order chi connectivity index (χ1) is 10.6. The molecule has 7 nitrogen and oxygen atoms in total. The third-order valence-corrected chi connectivity index (χ3v) is 5.82. The van der Waals surface area contributed by atoms with Crippen molar-refractivity contribution < 1.29 is 21.2 Å². The van der Waals surface area contributed by atoms with E-state index < -0.39 is 25.9 Å². The summed E-state index contributed by atoms with van der Waals surface area (Å²) in [6, 6.07) is 2.84. The molecule has 24 heavy (non-hydrogen) atoms. The molecule has 1 rings (SSSR count). The molecule has 0 spiro atoms. The maximum absolute atomic E-state index is 14.0. The fourth-order valence-corrected chi connectivity index (χ4v) is 3.94. The van der Waals surface area contributed by atoms with Crippen molar-refractivity contribution >= 4 is 38.1 Å². The number of nitrogens with one attached hydrogen (secondary N) is 2. The van der Waals surface area contributed by atoms with Crippen LogP contribution in [0.2, 0.25) is 0 Å².